The van der Waals surface area contributed by atoms with Gasteiger partial charge in [0.05, 0.1) is 23.5 Å². The summed E-state index contributed by atoms with van der Waals surface area (Å²) in [7, 11) is 0. The monoisotopic (exact) mass is 590 g/mol. The molecule has 0 unspecified atom stereocenters. The molecule has 0 atom stereocenters. The van der Waals surface area contributed by atoms with Crippen molar-refractivity contribution in [1.82, 2.24) is 29.8 Å². The van der Waals surface area contributed by atoms with Crippen LogP contribution in [-0.2, 0) is 6.54 Å². The summed E-state index contributed by atoms with van der Waals surface area (Å²) < 4.78 is 1.61. The molecule has 216 valence electrons. The van der Waals surface area contributed by atoms with E-state index in [4.69, 9.17) is 16.6 Å². The van der Waals surface area contributed by atoms with Crippen LogP contribution in [0.3, 0.4) is 0 Å². The Labute approximate surface area is 255 Å². The number of rotatable bonds is 6. The standard InChI is InChI=1S/C33H31ClN8O/c1-22(2)30-29(36-13-14-37-30)21-42-31-25(19-24(32(42)43)6-3-23-4-7-26(34)8-5-23)20-38-33(40-31)39-27-9-11-28(12-10-27)41-17-15-35-16-18-41/h4-5,7-14,19-20,22,35H,15-18,21H2,1-2H3,(H,38,39,40). The predicted octanol–water partition coefficient (Wildman–Crippen LogP) is 4.96. The van der Waals surface area contributed by atoms with E-state index in [9.17, 15) is 4.79 Å². The summed E-state index contributed by atoms with van der Waals surface area (Å²) in [4.78, 5) is 34.7. The Bertz CT molecular complexity index is 1870. The maximum absolute atomic E-state index is 13.9. The van der Waals surface area contributed by atoms with Crippen molar-refractivity contribution in [3.8, 4) is 11.8 Å². The number of benzene rings is 2. The molecular formula is C33H31ClN8O. The molecule has 0 amide bonds. The van der Waals surface area contributed by atoms with Gasteiger partial charge in [0.1, 0.15) is 5.65 Å². The minimum Gasteiger partial charge on any atom is -0.369 e. The number of nitrogens with zero attached hydrogens (tertiary/aromatic N) is 6. The van der Waals surface area contributed by atoms with E-state index < -0.39 is 0 Å². The SMILES string of the molecule is CC(C)c1nccnc1Cn1c(=O)c(C#Cc2ccc(Cl)cc2)cc2cnc(Nc3ccc(N4CCNCC4)cc3)nc21. The lowest BCUT2D eigenvalue weighted by molar-refractivity contribution is 0.589. The Morgan fingerprint density at radius 3 is 2.47 bits per heavy atom. The highest BCUT2D eigenvalue weighted by atomic mass is 35.5. The highest BCUT2D eigenvalue weighted by Crippen LogP contribution is 2.22. The van der Waals surface area contributed by atoms with Gasteiger partial charge in [-0.3, -0.25) is 19.3 Å². The van der Waals surface area contributed by atoms with E-state index in [0.717, 1.165) is 43.1 Å². The van der Waals surface area contributed by atoms with Gasteiger partial charge in [0, 0.05) is 72.1 Å². The van der Waals surface area contributed by atoms with Crippen LogP contribution in [0, 0.1) is 11.8 Å². The largest absolute Gasteiger partial charge is 0.369 e. The molecule has 6 rings (SSSR count). The molecule has 5 aromatic rings. The quantitative estimate of drug-likeness (QED) is 0.268. The van der Waals surface area contributed by atoms with Crippen molar-refractivity contribution >= 4 is 40.0 Å². The maximum Gasteiger partial charge on any atom is 0.268 e. The molecule has 2 N–H and O–H groups in total. The number of fused-ring (bicyclic) bond motifs is 1. The highest BCUT2D eigenvalue weighted by Gasteiger charge is 2.16. The van der Waals surface area contributed by atoms with Crippen LogP contribution in [0.15, 0.2) is 78.0 Å². The first-order chi connectivity index (χ1) is 20.9. The van der Waals surface area contributed by atoms with Crippen LogP contribution in [0.25, 0.3) is 11.0 Å². The second-order valence-corrected chi connectivity index (χ2v) is 11.1. The summed E-state index contributed by atoms with van der Waals surface area (Å²) in [6, 6.07) is 17.1. The van der Waals surface area contributed by atoms with E-state index in [1.54, 1.807) is 41.4 Å². The zero-order chi connectivity index (χ0) is 29.8. The average molecular weight is 591 g/mol. The van der Waals surface area contributed by atoms with Gasteiger partial charge in [0.25, 0.3) is 5.56 Å². The fourth-order valence-corrected chi connectivity index (χ4v) is 5.19. The van der Waals surface area contributed by atoms with E-state index in [-0.39, 0.29) is 18.0 Å². The Hall–Kier alpha value is -4.78. The smallest absolute Gasteiger partial charge is 0.268 e. The van der Waals surface area contributed by atoms with Crippen LogP contribution < -0.4 is 21.1 Å². The Kier molecular flexibility index (Phi) is 8.31. The van der Waals surface area contributed by atoms with Crippen molar-refractivity contribution in [3.05, 3.63) is 111 Å². The maximum atomic E-state index is 13.9. The van der Waals surface area contributed by atoms with Crippen LogP contribution in [0.5, 0.6) is 0 Å². The number of anilines is 3. The second-order valence-electron chi connectivity index (χ2n) is 10.6. The molecule has 10 heteroatoms. The average Bonchev–Trinajstić information content (AvgIpc) is 3.03. The molecule has 2 aromatic carbocycles. The zero-order valence-corrected chi connectivity index (χ0v) is 24.8. The number of hydrogen-bond donors (Lipinski definition) is 2. The van der Waals surface area contributed by atoms with Crippen molar-refractivity contribution in [2.75, 3.05) is 36.4 Å². The number of aromatic nitrogens is 5. The lowest BCUT2D eigenvalue weighted by atomic mass is 10.1. The van der Waals surface area contributed by atoms with Gasteiger partial charge >= 0.3 is 0 Å². The van der Waals surface area contributed by atoms with Crippen molar-refractivity contribution in [3.63, 3.8) is 0 Å². The zero-order valence-electron chi connectivity index (χ0n) is 24.0. The summed E-state index contributed by atoms with van der Waals surface area (Å²) >= 11 is 6.02. The first kappa shape index (κ1) is 28.3. The summed E-state index contributed by atoms with van der Waals surface area (Å²) in [6.07, 6.45) is 5.03. The summed E-state index contributed by atoms with van der Waals surface area (Å²) in [5.74, 6) is 6.65. The van der Waals surface area contributed by atoms with Crippen molar-refractivity contribution in [2.24, 2.45) is 0 Å². The molecule has 1 fully saturated rings. The highest BCUT2D eigenvalue weighted by molar-refractivity contribution is 6.30. The summed E-state index contributed by atoms with van der Waals surface area (Å²) in [5, 5.41) is 7.99. The van der Waals surface area contributed by atoms with E-state index in [1.165, 1.54) is 5.69 Å². The molecule has 1 saturated heterocycles. The predicted molar refractivity (Wildman–Crippen MR) is 171 cm³/mol. The van der Waals surface area contributed by atoms with Gasteiger partial charge in [-0.1, -0.05) is 37.3 Å². The molecule has 0 aliphatic carbocycles. The van der Waals surface area contributed by atoms with Gasteiger partial charge in [-0.05, 0) is 60.5 Å². The van der Waals surface area contributed by atoms with E-state index >= 15 is 0 Å². The molecule has 1 aliphatic rings. The molecule has 43 heavy (non-hydrogen) atoms. The molecule has 1 aliphatic heterocycles. The van der Waals surface area contributed by atoms with Crippen LogP contribution in [-0.4, -0.2) is 50.7 Å². The third kappa shape index (κ3) is 6.51. The van der Waals surface area contributed by atoms with Gasteiger partial charge in [0.15, 0.2) is 0 Å². The summed E-state index contributed by atoms with van der Waals surface area (Å²) in [6.45, 7) is 8.23. The number of piperazine rings is 1. The Morgan fingerprint density at radius 2 is 1.72 bits per heavy atom. The molecule has 0 spiro atoms. The van der Waals surface area contributed by atoms with E-state index in [2.05, 4.69) is 68.3 Å². The number of pyridine rings is 1. The van der Waals surface area contributed by atoms with Gasteiger partial charge in [0.2, 0.25) is 5.95 Å². The molecule has 0 bridgehead atoms. The van der Waals surface area contributed by atoms with Crippen LogP contribution in [0.4, 0.5) is 17.3 Å². The molecular weight excluding hydrogens is 560 g/mol. The van der Waals surface area contributed by atoms with Crippen LogP contribution in [0.1, 0.15) is 42.3 Å². The number of halogens is 1. The number of hydrogen-bond acceptors (Lipinski definition) is 8. The topological polar surface area (TPSA) is 101 Å². The fraction of sp³-hybridized carbons (Fsp3) is 0.242. The lowest BCUT2D eigenvalue weighted by Gasteiger charge is -2.29. The Balaban J connectivity index is 1.38. The van der Waals surface area contributed by atoms with Crippen molar-refractivity contribution < 1.29 is 0 Å². The minimum absolute atomic E-state index is 0.134. The normalized spacial score (nSPS) is 13.2. The van der Waals surface area contributed by atoms with Gasteiger partial charge < -0.3 is 15.5 Å². The molecule has 0 radical (unpaired) electrons. The first-order valence-corrected chi connectivity index (χ1v) is 14.6. The van der Waals surface area contributed by atoms with Gasteiger partial charge in [-0.15, -0.1) is 0 Å². The van der Waals surface area contributed by atoms with Crippen LogP contribution >= 0.6 is 11.6 Å². The van der Waals surface area contributed by atoms with Crippen molar-refractivity contribution in [1.29, 1.82) is 0 Å². The summed E-state index contributed by atoms with van der Waals surface area (Å²) in [5.41, 5.74) is 4.88. The molecule has 4 heterocycles. The first-order valence-electron chi connectivity index (χ1n) is 14.3. The fourth-order valence-electron chi connectivity index (χ4n) is 5.07. The lowest BCUT2D eigenvalue weighted by Crippen LogP contribution is -2.43. The number of nitrogens with one attached hydrogen (secondary N) is 2. The molecule has 9 nitrogen and oxygen atoms in total. The van der Waals surface area contributed by atoms with Gasteiger partial charge in [-0.2, -0.15) is 4.98 Å². The third-order valence-electron chi connectivity index (χ3n) is 7.28. The molecule has 3 aromatic heterocycles. The van der Waals surface area contributed by atoms with E-state index in [1.807, 2.05) is 24.3 Å². The van der Waals surface area contributed by atoms with Crippen molar-refractivity contribution in [2.45, 2.75) is 26.3 Å². The third-order valence-corrected chi connectivity index (χ3v) is 7.53. The Morgan fingerprint density at radius 1 is 0.977 bits per heavy atom. The minimum atomic E-state index is -0.264. The van der Waals surface area contributed by atoms with Gasteiger partial charge in [-0.25, -0.2) is 4.98 Å². The van der Waals surface area contributed by atoms with Crippen LogP contribution in [0.2, 0.25) is 5.02 Å². The second kappa shape index (κ2) is 12.6. The molecule has 0 saturated carbocycles. The van der Waals surface area contributed by atoms with E-state index in [0.29, 0.717) is 33.3 Å².